The maximum atomic E-state index is 12.8. The lowest BCUT2D eigenvalue weighted by Gasteiger charge is -2.35. The van der Waals surface area contributed by atoms with E-state index < -0.39 is 17.7 Å². The maximum absolute atomic E-state index is 12.8. The zero-order valence-corrected chi connectivity index (χ0v) is 15.2. The summed E-state index contributed by atoms with van der Waals surface area (Å²) < 4.78 is 0.720. The molecule has 1 aliphatic heterocycles. The number of piperazine rings is 1. The Morgan fingerprint density at radius 3 is 2.48 bits per heavy atom. The summed E-state index contributed by atoms with van der Waals surface area (Å²) in [7, 11) is 0. The normalized spacial score (nSPS) is 17.1. The minimum Gasteiger partial charge on any atom is -0.352 e. The summed E-state index contributed by atoms with van der Waals surface area (Å²) in [6, 6.07) is 13.2. The molecule has 3 rings (SSSR count). The molecule has 25 heavy (non-hydrogen) atoms. The SMILES string of the molecule is Cc1ccc(C(=O)C(=O)N2CCNC(=O)[C@@H]2c2ccccc2Br)cc1. The molecule has 1 N–H and O–H groups in total. The average molecular weight is 401 g/mol. The van der Waals surface area contributed by atoms with Crippen LogP contribution in [0.3, 0.4) is 0 Å². The molecular formula is C19H17BrN2O3. The second-order valence-corrected chi connectivity index (χ2v) is 6.76. The van der Waals surface area contributed by atoms with Crippen LogP contribution >= 0.6 is 15.9 Å². The molecule has 0 aromatic heterocycles. The van der Waals surface area contributed by atoms with Crippen LogP contribution in [-0.2, 0) is 9.59 Å². The van der Waals surface area contributed by atoms with Gasteiger partial charge >= 0.3 is 0 Å². The lowest BCUT2D eigenvalue weighted by Crippen LogP contribution is -2.53. The number of carbonyl (C=O) groups excluding carboxylic acids is 3. The molecule has 2 aromatic rings. The molecule has 2 amide bonds. The molecule has 6 heteroatoms. The predicted octanol–water partition coefficient (Wildman–Crippen LogP) is 2.64. The highest BCUT2D eigenvalue weighted by Crippen LogP contribution is 2.30. The minimum atomic E-state index is -0.828. The fourth-order valence-corrected chi connectivity index (χ4v) is 3.35. The van der Waals surface area contributed by atoms with Crippen molar-refractivity contribution < 1.29 is 14.4 Å². The summed E-state index contributed by atoms with van der Waals surface area (Å²) in [5, 5.41) is 2.76. The van der Waals surface area contributed by atoms with Crippen molar-refractivity contribution in [2.45, 2.75) is 13.0 Å². The summed E-state index contributed by atoms with van der Waals surface area (Å²) in [6.07, 6.45) is 0. The largest absolute Gasteiger partial charge is 0.352 e. The molecule has 0 spiro atoms. The Kier molecular flexibility index (Phi) is 4.99. The Morgan fingerprint density at radius 2 is 1.80 bits per heavy atom. The fraction of sp³-hybridized carbons (Fsp3) is 0.211. The van der Waals surface area contributed by atoms with E-state index in [0.29, 0.717) is 17.7 Å². The Morgan fingerprint density at radius 1 is 1.12 bits per heavy atom. The van der Waals surface area contributed by atoms with E-state index in [9.17, 15) is 14.4 Å². The molecule has 1 aliphatic rings. The van der Waals surface area contributed by atoms with Gasteiger partial charge in [-0.25, -0.2) is 0 Å². The van der Waals surface area contributed by atoms with Crippen molar-refractivity contribution in [1.29, 1.82) is 0 Å². The van der Waals surface area contributed by atoms with Crippen LogP contribution in [0.2, 0.25) is 0 Å². The van der Waals surface area contributed by atoms with Gasteiger partial charge in [0.1, 0.15) is 6.04 Å². The molecule has 0 saturated carbocycles. The van der Waals surface area contributed by atoms with Gasteiger partial charge in [0.25, 0.3) is 5.91 Å². The van der Waals surface area contributed by atoms with Crippen LogP contribution in [-0.4, -0.2) is 35.6 Å². The minimum absolute atomic E-state index is 0.286. The molecule has 2 aromatic carbocycles. The summed E-state index contributed by atoms with van der Waals surface area (Å²) in [5.74, 6) is -1.56. The Bertz CT molecular complexity index is 833. The van der Waals surface area contributed by atoms with Gasteiger partial charge in [-0.05, 0) is 18.6 Å². The first kappa shape index (κ1) is 17.4. The number of amides is 2. The third-order valence-corrected chi connectivity index (χ3v) is 4.90. The summed E-state index contributed by atoms with van der Waals surface area (Å²) in [5.41, 5.74) is 1.99. The standard InChI is InChI=1S/C19H17BrN2O3/c1-12-6-8-13(9-7-12)17(23)19(25)22-11-10-21-18(24)16(22)14-4-2-3-5-15(14)20/h2-9,16H,10-11H2,1H3,(H,21,24)/t16-/m0/s1. The maximum Gasteiger partial charge on any atom is 0.295 e. The van der Waals surface area contributed by atoms with E-state index in [2.05, 4.69) is 21.2 Å². The van der Waals surface area contributed by atoms with Crippen molar-refractivity contribution >= 4 is 33.5 Å². The smallest absolute Gasteiger partial charge is 0.295 e. The monoisotopic (exact) mass is 400 g/mol. The average Bonchev–Trinajstić information content (AvgIpc) is 2.62. The van der Waals surface area contributed by atoms with Gasteiger partial charge < -0.3 is 10.2 Å². The van der Waals surface area contributed by atoms with E-state index in [1.807, 2.05) is 19.1 Å². The lowest BCUT2D eigenvalue weighted by atomic mass is 10.0. The van der Waals surface area contributed by atoms with E-state index in [-0.39, 0.29) is 12.5 Å². The summed E-state index contributed by atoms with van der Waals surface area (Å²) in [4.78, 5) is 39.2. The number of benzene rings is 2. The highest BCUT2D eigenvalue weighted by Gasteiger charge is 2.38. The Balaban J connectivity index is 1.94. The zero-order chi connectivity index (χ0) is 18.0. The number of hydrogen-bond donors (Lipinski definition) is 1. The molecular weight excluding hydrogens is 384 g/mol. The van der Waals surface area contributed by atoms with Crippen LogP contribution in [0.15, 0.2) is 53.0 Å². The molecule has 5 nitrogen and oxygen atoms in total. The second-order valence-electron chi connectivity index (χ2n) is 5.91. The molecule has 0 radical (unpaired) electrons. The van der Waals surface area contributed by atoms with Crippen LogP contribution in [0.4, 0.5) is 0 Å². The molecule has 0 bridgehead atoms. The molecule has 1 heterocycles. The van der Waals surface area contributed by atoms with E-state index in [1.54, 1.807) is 36.4 Å². The van der Waals surface area contributed by atoms with Crippen molar-refractivity contribution in [3.05, 3.63) is 69.7 Å². The van der Waals surface area contributed by atoms with E-state index in [1.165, 1.54) is 4.90 Å². The number of rotatable bonds is 3. The van der Waals surface area contributed by atoms with Crippen molar-refractivity contribution in [2.75, 3.05) is 13.1 Å². The Labute approximate surface area is 154 Å². The lowest BCUT2D eigenvalue weighted by molar-refractivity contribution is -0.140. The first-order chi connectivity index (χ1) is 12.0. The molecule has 1 atom stereocenters. The van der Waals surface area contributed by atoms with Crippen molar-refractivity contribution in [3.63, 3.8) is 0 Å². The summed E-state index contributed by atoms with van der Waals surface area (Å²) in [6.45, 7) is 2.52. The predicted molar refractivity (Wildman–Crippen MR) is 97.1 cm³/mol. The Hall–Kier alpha value is -2.47. The fourth-order valence-electron chi connectivity index (χ4n) is 2.85. The van der Waals surface area contributed by atoms with Gasteiger partial charge in [0.15, 0.2) is 0 Å². The zero-order valence-electron chi connectivity index (χ0n) is 13.7. The van der Waals surface area contributed by atoms with Crippen LogP contribution < -0.4 is 5.32 Å². The quantitative estimate of drug-likeness (QED) is 0.635. The number of Topliss-reactive ketones (excluding diaryl/α,β-unsaturated/α-hetero) is 1. The number of carbonyl (C=O) groups is 3. The third-order valence-electron chi connectivity index (χ3n) is 4.18. The van der Waals surface area contributed by atoms with E-state index in [4.69, 9.17) is 0 Å². The van der Waals surface area contributed by atoms with Gasteiger partial charge in [0.2, 0.25) is 11.7 Å². The first-order valence-electron chi connectivity index (χ1n) is 7.93. The number of ketones is 1. The van der Waals surface area contributed by atoms with Gasteiger partial charge in [0, 0.05) is 23.1 Å². The highest BCUT2D eigenvalue weighted by atomic mass is 79.9. The van der Waals surface area contributed by atoms with Crippen molar-refractivity contribution in [3.8, 4) is 0 Å². The first-order valence-corrected chi connectivity index (χ1v) is 8.72. The molecule has 128 valence electrons. The van der Waals surface area contributed by atoms with Crippen LogP contribution in [0.25, 0.3) is 0 Å². The van der Waals surface area contributed by atoms with Gasteiger partial charge in [-0.15, -0.1) is 0 Å². The summed E-state index contributed by atoms with van der Waals surface area (Å²) >= 11 is 3.42. The number of halogens is 1. The number of aryl methyl sites for hydroxylation is 1. The van der Waals surface area contributed by atoms with Crippen LogP contribution in [0.5, 0.6) is 0 Å². The molecule has 1 saturated heterocycles. The third kappa shape index (κ3) is 3.49. The van der Waals surface area contributed by atoms with E-state index >= 15 is 0 Å². The number of hydrogen-bond acceptors (Lipinski definition) is 3. The molecule has 1 fully saturated rings. The van der Waals surface area contributed by atoms with Gasteiger partial charge in [-0.1, -0.05) is 64.0 Å². The number of nitrogens with one attached hydrogen (secondary N) is 1. The topological polar surface area (TPSA) is 66.5 Å². The van der Waals surface area contributed by atoms with Gasteiger partial charge in [-0.3, -0.25) is 14.4 Å². The molecule has 0 aliphatic carbocycles. The second kappa shape index (κ2) is 7.19. The van der Waals surface area contributed by atoms with Crippen LogP contribution in [0.1, 0.15) is 27.5 Å². The van der Waals surface area contributed by atoms with Gasteiger partial charge in [0.05, 0.1) is 0 Å². The van der Waals surface area contributed by atoms with Crippen LogP contribution in [0, 0.1) is 6.92 Å². The van der Waals surface area contributed by atoms with Crippen molar-refractivity contribution in [1.82, 2.24) is 10.2 Å². The van der Waals surface area contributed by atoms with E-state index in [0.717, 1.165) is 10.0 Å². The van der Waals surface area contributed by atoms with Gasteiger partial charge in [-0.2, -0.15) is 0 Å². The number of nitrogens with zero attached hydrogens (tertiary/aromatic N) is 1. The highest BCUT2D eigenvalue weighted by molar-refractivity contribution is 9.10. The van der Waals surface area contributed by atoms with Crippen molar-refractivity contribution in [2.24, 2.45) is 0 Å². The molecule has 0 unspecified atom stereocenters.